The van der Waals surface area contributed by atoms with Gasteiger partial charge < -0.3 is 10.4 Å². The lowest BCUT2D eigenvalue weighted by Crippen LogP contribution is -2.54. The van der Waals surface area contributed by atoms with E-state index in [1.54, 1.807) is 0 Å². The molecule has 3 heteroatoms. The van der Waals surface area contributed by atoms with E-state index in [1.165, 1.54) is 25.7 Å². The van der Waals surface area contributed by atoms with E-state index >= 15 is 0 Å². The van der Waals surface area contributed by atoms with Crippen molar-refractivity contribution in [3.05, 3.63) is 25.1 Å². The second-order valence-electron chi connectivity index (χ2n) is 4.79. The smallest absolute Gasteiger partial charge is 0.166 e. The second-order valence-corrected chi connectivity index (χ2v) is 4.79. The predicted octanol–water partition coefficient (Wildman–Crippen LogP) is 2.35. The Bertz CT molecular complexity index is 253. The van der Waals surface area contributed by atoms with Gasteiger partial charge in [0.1, 0.15) is 12.7 Å². The molecule has 1 aliphatic heterocycles. The molecular formula is C14H27N2O+. The van der Waals surface area contributed by atoms with Crippen LogP contribution in [-0.4, -0.2) is 35.5 Å². The Balaban J connectivity index is 2.34. The monoisotopic (exact) mass is 239 g/mol. The summed E-state index contributed by atoms with van der Waals surface area (Å²) in [5, 5.41) is 12.6. The molecule has 0 aromatic heterocycles. The molecule has 0 fully saturated rings. The Morgan fingerprint density at radius 2 is 2.24 bits per heavy atom. The fraction of sp³-hybridized carbons (Fsp3) is 0.714. The van der Waals surface area contributed by atoms with Gasteiger partial charge >= 0.3 is 0 Å². The van der Waals surface area contributed by atoms with Gasteiger partial charge in [-0.25, -0.2) is 0 Å². The molecule has 0 bridgehead atoms. The van der Waals surface area contributed by atoms with Gasteiger partial charge in [-0.05, 0) is 26.2 Å². The van der Waals surface area contributed by atoms with Crippen molar-refractivity contribution >= 4 is 0 Å². The van der Waals surface area contributed by atoms with Crippen molar-refractivity contribution in [2.24, 2.45) is 0 Å². The number of aliphatic hydroxyl groups is 1. The molecule has 2 N–H and O–H groups in total. The molecule has 0 amide bonds. The average molecular weight is 239 g/mol. The first-order chi connectivity index (χ1) is 8.29. The van der Waals surface area contributed by atoms with Crippen molar-refractivity contribution in [3.63, 3.8) is 0 Å². The molecule has 3 nitrogen and oxygen atoms in total. The molecule has 2 unspecified atom stereocenters. The highest BCUT2D eigenvalue weighted by Crippen LogP contribution is 2.22. The van der Waals surface area contributed by atoms with Crippen molar-refractivity contribution in [1.29, 1.82) is 0 Å². The van der Waals surface area contributed by atoms with E-state index in [0.717, 1.165) is 24.0 Å². The maximum atomic E-state index is 9.19. The van der Waals surface area contributed by atoms with Gasteiger partial charge in [-0.2, -0.15) is 0 Å². The van der Waals surface area contributed by atoms with Crippen LogP contribution in [0.5, 0.6) is 0 Å². The fourth-order valence-electron chi connectivity index (χ4n) is 2.60. The minimum absolute atomic E-state index is 0.257. The third kappa shape index (κ3) is 3.86. The van der Waals surface area contributed by atoms with Crippen LogP contribution in [0.2, 0.25) is 0 Å². The Hall–Kier alpha value is -0.800. The second kappa shape index (κ2) is 7.51. The number of nitrogens with zero attached hydrogens (tertiary/aromatic N) is 1. The van der Waals surface area contributed by atoms with Crippen LogP contribution in [0, 0.1) is 0 Å². The molecule has 17 heavy (non-hydrogen) atoms. The molecule has 0 saturated heterocycles. The van der Waals surface area contributed by atoms with Crippen LogP contribution in [-0.2, 0) is 0 Å². The molecule has 2 atom stereocenters. The Labute approximate surface area is 105 Å². The van der Waals surface area contributed by atoms with E-state index in [9.17, 15) is 5.11 Å². The van der Waals surface area contributed by atoms with Gasteiger partial charge in [-0.1, -0.05) is 12.5 Å². The number of hydrogen-bond acceptors (Lipinski definition) is 2. The van der Waals surface area contributed by atoms with E-state index < -0.39 is 0 Å². The summed E-state index contributed by atoms with van der Waals surface area (Å²) in [6, 6.07) is 0. The SMILES string of the molecule is C=CCCCCCC1NC=C[N+]1(CC)CCO. The summed E-state index contributed by atoms with van der Waals surface area (Å²) in [5.74, 6) is 0. The summed E-state index contributed by atoms with van der Waals surface area (Å²) < 4.78 is 0.887. The van der Waals surface area contributed by atoms with Crippen LogP contribution < -0.4 is 5.32 Å². The summed E-state index contributed by atoms with van der Waals surface area (Å²) in [4.78, 5) is 0. The summed E-state index contributed by atoms with van der Waals surface area (Å²) in [6.07, 6.45) is 12.8. The molecule has 0 spiro atoms. The quantitative estimate of drug-likeness (QED) is 0.368. The normalized spacial score (nSPS) is 27.1. The number of allylic oxidation sites excluding steroid dienone is 1. The van der Waals surface area contributed by atoms with Crippen LogP contribution in [0.4, 0.5) is 0 Å². The van der Waals surface area contributed by atoms with Crippen LogP contribution in [0.25, 0.3) is 0 Å². The first kappa shape index (κ1) is 14.3. The molecule has 0 saturated carbocycles. The van der Waals surface area contributed by atoms with Crippen molar-refractivity contribution < 1.29 is 9.59 Å². The zero-order chi connectivity index (χ0) is 12.6. The topological polar surface area (TPSA) is 32.3 Å². The molecule has 1 rings (SSSR count). The van der Waals surface area contributed by atoms with Crippen molar-refractivity contribution in [3.8, 4) is 0 Å². The standard InChI is InChI=1S/C14H27N2O/c1-3-5-6-7-8-9-14-15-10-11-16(14,4-2)12-13-17/h3,10-11,14-15,17H,1,4-9,12-13H2,2H3/q+1. The number of likely N-dealkylation sites (N-methyl/N-ethyl adjacent to an activating group) is 1. The lowest BCUT2D eigenvalue weighted by atomic mass is 10.1. The summed E-state index contributed by atoms with van der Waals surface area (Å²) in [5.41, 5.74) is 0. The summed E-state index contributed by atoms with van der Waals surface area (Å²) in [7, 11) is 0. The molecular weight excluding hydrogens is 212 g/mol. The number of hydrogen-bond donors (Lipinski definition) is 2. The lowest BCUT2D eigenvalue weighted by Gasteiger charge is -2.36. The van der Waals surface area contributed by atoms with E-state index in [1.807, 2.05) is 12.3 Å². The predicted molar refractivity (Wildman–Crippen MR) is 72.1 cm³/mol. The zero-order valence-corrected chi connectivity index (χ0v) is 11.1. The largest absolute Gasteiger partial charge is 0.390 e. The minimum Gasteiger partial charge on any atom is -0.390 e. The number of nitrogens with one attached hydrogen (secondary N) is 1. The summed E-state index contributed by atoms with van der Waals surface area (Å²) in [6.45, 7) is 8.05. The highest BCUT2D eigenvalue weighted by molar-refractivity contribution is 4.84. The van der Waals surface area contributed by atoms with Gasteiger partial charge in [0.25, 0.3) is 0 Å². The number of quaternary nitrogens is 1. The Kier molecular flexibility index (Phi) is 6.30. The van der Waals surface area contributed by atoms with Gasteiger partial charge in [0.2, 0.25) is 0 Å². The molecule has 0 aliphatic carbocycles. The number of rotatable bonds is 9. The average Bonchev–Trinajstić information content (AvgIpc) is 2.73. The molecule has 1 aliphatic rings. The molecule has 1 heterocycles. The first-order valence-corrected chi connectivity index (χ1v) is 6.81. The Morgan fingerprint density at radius 3 is 2.88 bits per heavy atom. The maximum absolute atomic E-state index is 9.19. The molecule has 0 aromatic carbocycles. The number of unbranched alkanes of at least 4 members (excludes halogenated alkanes) is 3. The summed E-state index contributed by atoms with van der Waals surface area (Å²) >= 11 is 0. The van der Waals surface area contributed by atoms with Crippen molar-refractivity contribution in [2.75, 3.05) is 19.7 Å². The molecule has 0 aromatic rings. The van der Waals surface area contributed by atoms with Crippen LogP contribution in [0.1, 0.15) is 39.0 Å². The fourth-order valence-corrected chi connectivity index (χ4v) is 2.60. The van der Waals surface area contributed by atoms with Gasteiger partial charge in [-0.15, -0.1) is 6.58 Å². The van der Waals surface area contributed by atoms with Gasteiger partial charge in [0.15, 0.2) is 6.17 Å². The lowest BCUT2D eigenvalue weighted by molar-refractivity contribution is -0.900. The Morgan fingerprint density at radius 1 is 1.41 bits per heavy atom. The van der Waals surface area contributed by atoms with Crippen LogP contribution >= 0.6 is 0 Å². The molecule has 98 valence electrons. The van der Waals surface area contributed by atoms with E-state index in [2.05, 4.69) is 25.0 Å². The van der Waals surface area contributed by atoms with Crippen molar-refractivity contribution in [2.45, 2.75) is 45.2 Å². The number of aliphatic hydroxyl groups excluding tert-OH is 1. The van der Waals surface area contributed by atoms with E-state index in [0.29, 0.717) is 6.17 Å². The maximum Gasteiger partial charge on any atom is 0.166 e. The molecule has 0 radical (unpaired) electrons. The van der Waals surface area contributed by atoms with Crippen LogP contribution in [0.3, 0.4) is 0 Å². The third-order valence-corrected chi connectivity index (χ3v) is 3.77. The first-order valence-electron chi connectivity index (χ1n) is 6.81. The van der Waals surface area contributed by atoms with Crippen molar-refractivity contribution in [1.82, 2.24) is 5.32 Å². The highest BCUT2D eigenvalue weighted by Gasteiger charge is 2.35. The zero-order valence-electron chi connectivity index (χ0n) is 11.1. The van der Waals surface area contributed by atoms with E-state index in [4.69, 9.17) is 0 Å². The minimum atomic E-state index is 0.257. The van der Waals surface area contributed by atoms with E-state index in [-0.39, 0.29) is 6.61 Å². The van der Waals surface area contributed by atoms with Crippen LogP contribution in [0.15, 0.2) is 25.1 Å². The highest BCUT2D eigenvalue weighted by atomic mass is 16.3. The third-order valence-electron chi connectivity index (χ3n) is 3.77. The van der Waals surface area contributed by atoms with Gasteiger partial charge in [-0.3, -0.25) is 4.48 Å². The van der Waals surface area contributed by atoms with Gasteiger partial charge in [0.05, 0.1) is 19.4 Å². The van der Waals surface area contributed by atoms with Gasteiger partial charge in [0, 0.05) is 6.42 Å².